The van der Waals surface area contributed by atoms with Gasteiger partial charge in [0.05, 0.1) is 29.2 Å². The number of benzene rings is 1. The number of carbonyl (C=O) groups excluding carboxylic acids is 1. The van der Waals surface area contributed by atoms with E-state index in [1.165, 1.54) is 32.1 Å². The summed E-state index contributed by atoms with van der Waals surface area (Å²) in [6.07, 6.45) is 6.63. The second-order valence-electron chi connectivity index (χ2n) is 7.23. The zero-order chi connectivity index (χ0) is 18.1. The number of halogens is 1. The summed E-state index contributed by atoms with van der Waals surface area (Å²) in [7, 11) is 0. The monoisotopic (exact) mass is 387 g/mol. The van der Waals surface area contributed by atoms with Crippen LogP contribution in [0.15, 0.2) is 34.9 Å². The van der Waals surface area contributed by atoms with Crippen LogP contribution in [-0.2, 0) is 4.79 Å². The van der Waals surface area contributed by atoms with Gasteiger partial charge >= 0.3 is 0 Å². The summed E-state index contributed by atoms with van der Waals surface area (Å²) in [5.74, 6) is 0.711. The van der Waals surface area contributed by atoms with E-state index in [1.54, 1.807) is 11.8 Å². The third-order valence-electron chi connectivity index (χ3n) is 5.69. The van der Waals surface area contributed by atoms with Crippen molar-refractivity contribution in [3.8, 4) is 6.07 Å². The summed E-state index contributed by atoms with van der Waals surface area (Å²) in [5.41, 5.74) is 1.56. The summed E-state index contributed by atoms with van der Waals surface area (Å²) >= 11 is 7.99. The van der Waals surface area contributed by atoms with E-state index in [4.69, 9.17) is 11.6 Å². The van der Waals surface area contributed by atoms with E-state index < -0.39 is 0 Å². The minimum atomic E-state index is -0.235. The molecule has 6 heteroatoms. The minimum absolute atomic E-state index is 0.0944. The summed E-state index contributed by atoms with van der Waals surface area (Å²) in [6.45, 7) is 0.617. The molecule has 3 aliphatic rings. The first-order valence-corrected chi connectivity index (χ1v) is 10.6. The first-order chi connectivity index (χ1) is 12.7. The van der Waals surface area contributed by atoms with E-state index in [9.17, 15) is 10.1 Å². The molecule has 1 unspecified atom stereocenters. The van der Waals surface area contributed by atoms with E-state index in [2.05, 4.69) is 11.0 Å². The van der Waals surface area contributed by atoms with E-state index in [-0.39, 0.29) is 11.8 Å². The first kappa shape index (κ1) is 17.9. The van der Waals surface area contributed by atoms with Crippen LogP contribution in [0, 0.1) is 11.3 Å². The molecule has 2 heterocycles. The van der Waals surface area contributed by atoms with Crippen LogP contribution in [0.25, 0.3) is 0 Å². The Bertz CT molecular complexity index is 782. The van der Waals surface area contributed by atoms with Crippen molar-refractivity contribution >= 4 is 29.3 Å². The molecule has 1 saturated carbocycles. The Morgan fingerprint density at radius 2 is 1.96 bits per heavy atom. The van der Waals surface area contributed by atoms with Gasteiger partial charge in [0.15, 0.2) is 0 Å². The molecule has 2 aliphatic heterocycles. The molecule has 1 saturated heterocycles. The molecule has 4 rings (SSSR count). The Morgan fingerprint density at radius 3 is 2.69 bits per heavy atom. The molecular weight excluding hydrogens is 366 g/mol. The summed E-state index contributed by atoms with van der Waals surface area (Å²) in [6, 6.07) is 10.5. The van der Waals surface area contributed by atoms with Crippen molar-refractivity contribution in [2.45, 2.75) is 50.5 Å². The van der Waals surface area contributed by atoms with E-state index in [1.807, 2.05) is 29.2 Å². The molecule has 0 aromatic heterocycles. The number of fused-ring (bicyclic) bond motifs is 1. The van der Waals surface area contributed by atoms with Gasteiger partial charge < -0.3 is 0 Å². The van der Waals surface area contributed by atoms with Crippen molar-refractivity contribution in [3.05, 3.63) is 45.5 Å². The van der Waals surface area contributed by atoms with Gasteiger partial charge in [-0.15, -0.1) is 0 Å². The van der Waals surface area contributed by atoms with Crippen molar-refractivity contribution in [1.82, 2.24) is 9.80 Å². The third kappa shape index (κ3) is 3.26. The standard InChI is InChI=1S/C20H22ClN3OS/c21-18-9-5-4-8-15(18)16-10-19(25)24-12-23(14-6-2-1-3-7-14)13-26-20(24)17(16)11-22/h4-5,8-9,14,16H,1-3,6-7,10,12-13H2. The summed E-state index contributed by atoms with van der Waals surface area (Å²) in [4.78, 5) is 17.2. The number of rotatable bonds is 2. The lowest BCUT2D eigenvalue weighted by Crippen LogP contribution is -2.51. The lowest BCUT2D eigenvalue weighted by molar-refractivity contribution is -0.132. The molecule has 1 amide bonds. The van der Waals surface area contributed by atoms with E-state index in [0.29, 0.717) is 29.7 Å². The molecule has 1 aromatic rings. The lowest BCUT2D eigenvalue weighted by Gasteiger charge is -2.44. The predicted molar refractivity (Wildman–Crippen MR) is 104 cm³/mol. The van der Waals surface area contributed by atoms with Crippen LogP contribution < -0.4 is 0 Å². The highest BCUT2D eigenvalue weighted by molar-refractivity contribution is 8.03. The fourth-order valence-corrected chi connectivity index (χ4v) is 5.78. The van der Waals surface area contributed by atoms with Crippen LogP contribution in [0.4, 0.5) is 0 Å². The fourth-order valence-electron chi connectivity index (χ4n) is 4.28. The van der Waals surface area contributed by atoms with Crippen molar-refractivity contribution in [3.63, 3.8) is 0 Å². The van der Waals surface area contributed by atoms with Crippen molar-refractivity contribution < 1.29 is 4.79 Å². The Balaban J connectivity index is 1.63. The zero-order valence-corrected chi connectivity index (χ0v) is 16.2. The van der Waals surface area contributed by atoms with E-state index >= 15 is 0 Å². The predicted octanol–water partition coefficient (Wildman–Crippen LogP) is 4.69. The summed E-state index contributed by atoms with van der Waals surface area (Å²) < 4.78 is 0. The molecule has 0 radical (unpaired) electrons. The SMILES string of the molecule is N#CC1=C2SCN(C3CCCCC3)CN2C(=O)CC1c1ccccc1Cl. The van der Waals surface area contributed by atoms with Crippen molar-refractivity contribution in [2.24, 2.45) is 0 Å². The Labute approximate surface area is 163 Å². The fraction of sp³-hybridized carbons (Fsp3) is 0.500. The molecule has 1 atom stereocenters. The topological polar surface area (TPSA) is 47.3 Å². The molecule has 1 aromatic carbocycles. The molecule has 0 bridgehead atoms. The molecule has 26 heavy (non-hydrogen) atoms. The van der Waals surface area contributed by atoms with Gasteiger partial charge in [-0.25, -0.2) is 0 Å². The highest BCUT2D eigenvalue weighted by Crippen LogP contribution is 2.44. The molecule has 0 spiro atoms. The molecule has 1 aliphatic carbocycles. The summed E-state index contributed by atoms with van der Waals surface area (Å²) in [5, 5.41) is 11.3. The maximum Gasteiger partial charge on any atom is 0.229 e. The van der Waals surface area contributed by atoms with Gasteiger partial charge in [-0.2, -0.15) is 5.26 Å². The van der Waals surface area contributed by atoms with Crippen LogP contribution in [0.3, 0.4) is 0 Å². The molecule has 0 N–H and O–H groups in total. The van der Waals surface area contributed by atoms with Crippen LogP contribution in [0.2, 0.25) is 5.02 Å². The Hall–Kier alpha value is -1.48. The third-order valence-corrected chi connectivity index (χ3v) is 7.20. The van der Waals surface area contributed by atoms with Gasteiger partial charge in [0.25, 0.3) is 0 Å². The second-order valence-corrected chi connectivity index (χ2v) is 8.57. The maximum absolute atomic E-state index is 12.9. The van der Waals surface area contributed by atoms with Crippen molar-refractivity contribution in [1.29, 1.82) is 5.26 Å². The molecule has 4 nitrogen and oxygen atoms in total. The van der Waals surface area contributed by atoms with Gasteiger partial charge in [0, 0.05) is 23.4 Å². The molecule has 136 valence electrons. The van der Waals surface area contributed by atoms with Gasteiger partial charge in [-0.3, -0.25) is 14.6 Å². The average molecular weight is 388 g/mol. The lowest BCUT2D eigenvalue weighted by atomic mass is 9.86. The number of allylic oxidation sites excluding steroid dienone is 1. The van der Waals surface area contributed by atoms with Crippen LogP contribution >= 0.6 is 23.4 Å². The smallest absolute Gasteiger partial charge is 0.229 e. The number of thioether (sulfide) groups is 1. The van der Waals surface area contributed by atoms with Gasteiger partial charge in [0.1, 0.15) is 0 Å². The van der Waals surface area contributed by atoms with E-state index in [0.717, 1.165) is 16.5 Å². The Morgan fingerprint density at radius 1 is 1.19 bits per heavy atom. The number of hydrogen-bond acceptors (Lipinski definition) is 4. The van der Waals surface area contributed by atoms with Gasteiger partial charge in [-0.1, -0.05) is 60.8 Å². The Kier molecular flexibility index (Phi) is 5.26. The molecular formula is C20H22ClN3OS. The normalized spacial score (nSPS) is 25.2. The van der Waals surface area contributed by atoms with Crippen LogP contribution in [-0.4, -0.2) is 34.3 Å². The minimum Gasteiger partial charge on any atom is -0.292 e. The van der Waals surface area contributed by atoms with Crippen LogP contribution in [0.5, 0.6) is 0 Å². The largest absolute Gasteiger partial charge is 0.292 e. The first-order valence-electron chi connectivity index (χ1n) is 9.25. The van der Waals surface area contributed by atoms with Gasteiger partial charge in [0.2, 0.25) is 5.91 Å². The average Bonchev–Trinajstić information content (AvgIpc) is 2.69. The number of nitriles is 1. The zero-order valence-electron chi connectivity index (χ0n) is 14.7. The van der Waals surface area contributed by atoms with Crippen LogP contribution in [0.1, 0.15) is 50.0 Å². The number of amides is 1. The van der Waals surface area contributed by atoms with Gasteiger partial charge in [-0.05, 0) is 24.5 Å². The highest BCUT2D eigenvalue weighted by Gasteiger charge is 2.40. The second kappa shape index (κ2) is 7.64. The number of hydrogen-bond donors (Lipinski definition) is 0. The van der Waals surface area contributed by atoms with Crippen molar-refractivity contribution in [2.75, 3.05) is 12.5 Å². The number of carbonyl (C=O) groups is 1. The maximum atomic E-state index is 12.9. The quantitative estimate of drug-likeness (QED) is 0.738. The highest BCUT2D eigenvalue weighted by atomic mass is 35.5. The molecule has 2 fully saturated rings. The number of nitrogens with zero attached hydrogens (tertiary/aromatic N) is 3.